The second kappa shape index (κ2) is 8.90. The third-order valence-corrected chi connectivity index (χ3v) is 6.74. The zero-order valence-corrected chi connectivity index (χ0v) is 18.9. The van der Waals surface area contributed by atoms with Crippen molar-refractivity contribution in [1.82, 2.24) is 25.0 Å². The van der Waals surface area contributed by atoms with Gasteiger partial charge in [0, 0.05) is 43.5 Å². The molecule has 3 aromatic rings. The number of aromatic amines is 2. The van der Waals surface area contributed by atoms with Crippen molar-refractivity contribution >= 4 is 29.1 Å². The lowest BCUT2D eigenvalue weighted by Gasteiger charge is -2.46. The molecule has 2 aromatic heterocycles. The molecule has 2 aliphatic heterocycles. The van der Waals surface area contributed by atoms with Gasteiger partial charge in [0.1, 0.15) is 11.8 Å². The Bertz CT molecular complexity index is 1260. The Kier molecular flexibility index (Phi) is 5.96. The molecular weight excluding hydrogens is 472 g/mol. The topological polar surface area (TPSA) is 94.3 Å². The summed E-state index contributed by atoms with van der Waals surface area (Å²) in [5, 5.41) is 6.88. The Hall–Kier alpha value is -2.72. The first-order valence-corrected chi connectivity index (χ1v) is 11.2. The molecule has 4 heterocycles. The van der Waals surface area contributed by atoms with E-state index in [0.29, 0.717) is 54.5 Å². The molecule has 172 valence electrons. The van der Waals surface area contributed by atoms with Crippen LogP contribution in [0.25, 0.3) is 11.3 Å². The van der Waals surface area contributed by atoms with Crippen molar-refractivity contribution in [2.75, 3.05) is 32.8 Å². The fraction of sp³-hybridized carbons (Fsp3) is 0.318. The normalized spacial score (nSPS) is 21.1. The lowest BCUT2D eigenvalue weighted by molar-refractivity contribution is -0.0862. The minimum absolute atomic E-state index is 0.00998. The highest BCUT2D eigenvalue weighted by molar-refractivity contribution is 6.36. The van der Waals surface area contributed by atoms with Gasteiger partial charge in [-0.3, -0.25) is 19.6 Å². The summed E-state index contributed by atoms with van der Waals surface area (Å²) >= 11 is 12.5. The zero-order chi connectivity index (χ0) is 23.1. The lowest BCUT2D eigenvalue weighted by atomic mass is 10.0. The van der Waals surface area contributed by atoms with Crippen molar-refractivity contribution < 1.29 is 13.9 Å². The van der Waals surface area contributed by atoms with Gasteiger partial charge in [0.05, 0.1) is 34.5 Å². The second-order valence-electron chi connectivity index (χ2n) is 8.08. The van der Waals surface area contributed by atoms with Gasteiger partial charge in [-0.15, -0.1) is 0 Å². The Morgan fingerprint density at radius 3 is 2.88 bits per heavy atom. The number of aromatic nitrogens is 3. The predicted octanol–water partition coefficient (Wildman–Crippen LogP) is 3.11. The van der Waals surface area contributed by atoms with Gasteiger partial charge >= 0.3 is 0 Å². The predicted molar refractivity (Wildman–Crippen MR) is 121 cm³/mol. The van der Waals surface area contributed by atoms with Gasteiger partial charge in [0.2, 0.25) is 0 Å². The molecule has 5 rings (SSSR count). The van der Waals surface area contributed by atoms with Crippen LogP contribution in [0, 0.1) is 5.82 Å². The molecule has 0 radical (unpaired) electrons. The maximum absolute atomic E-state index is 14.0. The SMILES string of the molecule is O=C(c1cccc(-c2[nH]ncc2F)c1Cl)N1CCN2C[C@@H](c3cc(Cl)c[nH]c3=O)OC[C@@H]2C1. The quantitative estimate of drug-likeness (QED) is 0.586. The van der Waals surface area contributed by atoms with E-state index in [-0.39, 0.29) is 34.3 Å². The number of piperazine rings is 1. The molecule has 1 amide bonds. The van der Waals surface area contributed by atoms with Crippen LogP contribution in [0.3, 0.4) is 0 Å². The molecule has 11 heteroatoms. The number of rotatable bonds is 3. The smallest absolute Gasteiger partial charge is 0.255 e. The molecule has 8 nitrogen and oxygen atoms in total. The Labute approximate surface area is 198 Å². The van der Waals surface area contributed by atoms with Gasteiger partial charge in [-0.25, -0.2) is 4.39 Å². The molecular formula is C22H20Cl2FN5O3. The number of H-pyrrole nitrogens is 2. The van der Waals surface area contributed by atoms with Crippen LogP contribution in [0.2, 0.25) is 10.0 Å². The molecule has 0 saturated carbocycles. The molecule has 0 bridgehead atoms. The van der Waals surface area contributed by atoms with Gasteiger partial charge in [-0.2, -0.15) is 5.10 Å². The molecule has 1 aromatic carbocycles. The number of amides is 1. The number of carbonyl (C=O) groups excluding carboxylic acids is 1. The van der Waals surface area contributed by atoms with Gasteiger partial charge in [-0.05, 0) is 12.1 Å². The van der Waals surface area contributed by atoms with Gasteiger partial charge < -0.3 is 14.6 Å². The average Bonchev–Trinajstić information content (AvgIpc) is 3.25. The third-order valence-electron chi connectivity index (χ3n) is 6.12. The minimum atomic E-state index is -0.539. The van der Waals surface area contributed by atoms with Crippen LogP contribution in [0.4, 0.5) is 4.39 Å². The van der Waals surface area contributed by atoms with E-state index in [1.54, 1.807) is 29.2 Å². The summed E-state index contributed by atoms with van der Waals surface area (Å²) in [6, 6.07) is 6.56. The highest BCUT2D eigenvalue weighted by atomic mass is 35.5. The Balaban J connectivity index is 1.31. The van der Waals surface area contributed by atoms with Gasteiger partial charge in [0.15, 0.2) is 5.82 Å². The fourth-order valence-electron chi connectivity index (χ4n) is 4.39. The average molecular weight is 492 g/mol. The first-order chi connectivity index (χ1) is 15.9. The standard InChI is InChI=1S/C22H20Cl2FN5O3/c23-12-6-16(21(31)26-7-12)18-10-29-4-5-30(9-13(29)11-33-18)22(32)15-3-1-2-14(19(15)24)20-17(25)8-27-28-20/h1-3,6-8,13,18H,4-5,9-11H2,(H,26,31)(H,27,28)/t13-,18-/m0/s1. The monoisotopic (exact) mass is 491 g/mol. The van der Waals surface area contributed by atoms with E-state index in [1.807, 2.05) is 0 Å². The maximum atomic E-state index is 14.0. The number of nitrogens with zero attached hydrogens (tertiary/aromatic N) is 3. The van der Waals surface area contributed by atoms with Crippen LogP contribution in [-0.4, -0.2) is 69.7 Å². The van der Waals surface area contributed by atoms with E-state index >= 15 is 0 Å². The van der Waals surface area contributed by atoms with Crippen molar-refractivity contribution in [2.24, 2.45) is 0 Å². The highest BCUT2D eigenvalue weighted by Crippen LogP contribution is 2.32. The number of hydrogen-bond donors (Lipinski definition) is 2. The Morgan fingerprint density at radius 2 is 2.09 bits per heavy atom. The van der Waals surface area contributed by atoms with Crippen LogP contribution in [0.15, 0.2) is 41.5 Å². The molecule has 0 spiro atoms. The van der Waals surface area contributed by atoms with Crippen LogP contribution < -0.4 is 5.56 Å². The van der Waals surface area contributed by atoms with E-state index in [0.717, 1.165) is 6.20 Å². The van der Waals surface area contributed by atoms with Crippen LogP contribution in [0.1, 0.15) is 22.0 Å². The van der Waals surface area contributed by atoms with Gasteiger partial charge in [0.25, 0.3) is 11.5 Å². The summed E-state index contributed by atoms with van der Waals surface area (Å²) in [6.45, 7) is 2.48. The summed E-state index contributed by atoms with van der Waals surface area (Å²) in [6.07, 6.45) is 2.12. The van der Waals surface area contributed by atoms with E-state index in [2.05, 4.69) is 20.1 Å². The Morgan fingerprint density at radius 1 is 1.24 bits per heavy atom. The second-order valence-corrected chi connectivity index (χ2v) is 8.90. The van der Waals surface area contributed by atoms with Crippen molar-refractivity contribution in [2.45, 2.75) is 12.1 Å². The van der Waals surface area contributed by atoms with Crippen molar-refractivity contribution in [3.8, 4) is 11.3 Å². The number of pyridine rings is 1. The van der Waals surface area contributed by atoms with E-state index in [9.17, 15) is 14.0 Å². The van der Waals surface area contributed by atoms with Crippen molar-refractivity contribution in [3.05, 3.63) is 74.0 Å². The molecule has 0 unspecified atom stereocenters. The van der Waals surface area contributed by atoms with Crippen LogP contribution >= 0.6 is 23.2 Å². The first kappa shape index (κ1) is 22.1. The number of hydrogen-bond acceptors (Lipinski definition) is 5. The fourth-order valence-corrected chi connectivity index (χ4v) is 4.86. The molecule has 2 aliphatic rings. The van der Waals surface area contributed by atoms with E-state index in [1.165, 1.54) is 6.20 Å². The number of benzene rings is 1. The first-order valence-electron chi connectivity index (χ1n) is 10.4. The minimum Gasteiger partial charge on any atom is -0.370 e. The van der Waals surface area contributed by atoms with E-state index < -0.39 is 5.82 Å². The van der Waals surface area contributed by atoms with Gasteiger partial charge in [-0.1, -0.05) is 35.3 Å². The molecule has 2 saturated heterocycles. The number of ether oxygens (including phenoxy) is 1. The number of fused-ring (bicyclic) bond motifs is 1. The number of nitrogens with one attached hydrogen (secondary N) is 2. The third kappa shape index (κ3) is 4.17. The van der Waals surface area contributed by atoms with Crippen molar-refractivity contribution in [1.29, 1.82) is 0 Å². The lowest BCUT2D eigenvalue weighted by Crippen LogP contribution is -2.59. The summed E-state index contributed by atoms with van der Waals surface area (Å²) < 4.78 is 20.0. The molecule has 33 heavy (non-hydrogen) atoms. The summed E-state index contributed by atoms with van der Waals surface area (Å²) in [7, 11) is 0. The summed E-state index contributed by atoms with van der Waals surface area (Å²) in [5.41, 5.74) is 1.10. The van der Waals surface area contributed by atoms with Crippen LogP contribution in [0.5, 0.6) is 0 Å². The highest BCUT2D eigenvalue weighted by Gasteiger charge is 2.37. The van der Waals surface area contributed by atoms with Crippen molar-refractivity contribution in [3.63, 3.8) is 0 Å². The zero-order valence-electron chi connectivity index (χ0n) is 17.4. The molecule has 0 aliphatic carbocycles. The number of morpholine rings is 1. The van der Waals surface area contributed by atoms with Crippen LogP contribution in [-0.2, 0) is 4.74 Å². The summed E-state index contributed by atoms with van der Waals surface area (Å²) in [4.78, 5) is 32.0. The molecule has 2 N–H and O–H groups in total. The number of halogens is 3. The summed E-state index contributed by atoms with van der Waals surface area (Å²) in [5.74, 6) is -0.766. The molecule has 2 fully saturated rings. The van der Waals surface area contributed by atoms with E-state index in [4.69, 9.17) is 27.9 Å². The number of carbonyl (C=O) groups is 1. The molecule has 2 atom stereocenters. The maximum Gasteiger partial charge on any atom is 0.255 e. The largest absolute Gasteiger partial charge is 0.370 e.